The molecule has 8 nitrogen and oxygen atoms in total. The number of hydrogen-bond donors (Lipinski definition) is 1. The number of carbonyl (C=O) groups is 3. The molecule has 8 heteroatoms. The van der Waals surface area contributed by atoms with Crippen LogP contribution in [-0.2, 0) is 28.6 Å². The highest BCUT2D eigenvalue weighted by molar-refractivity contribution is 6.06. The number of ether oxygens (including phenoxy) is 3. The molecule has 1 aromatic heterocycles. The van der Waals surface area contributed by atoms with Gasteiger partial charge in [0.1, 0.15) is 6.10 Å². The number of hydrogen-bond acceptors (Lipinski definition) is 8. The van der Waals surface area contributed by atoms with E-state index in [9.17, 15) is 19.5 Å². The van der Waals surface area contributed by atoms with Crippen molar-refractivity contribution in [2.24, 2.45) is 0 Å². The summed E-state index contributed by atoms with van der Waals surface area (Å²) in [5.74, 6) is -3.39. The van der Waals surface area contributed by atoms with Crippen LogP contribution < -0.4 is 0 Å². The molecule has 0 aromatic carbocycles. The van der Waals surface area contributed by atoms with E-state index in [1.807, 2.05) is 0 Å². The standard InChI is InChI=1S/C15H19NO7/c1-4-21-13(19)15(23-10(3)17,14(20)22-5-2)12(18)11-7-6-8-16-9-11/h6-9,12,18H,4-5H2,1-3H3/t12-/m0/s1. The quantitative estimate of drug-likeness (QED) is 0.439. The normalized spacial score (nSPS) is 12.2. The van der Waals surface area contributed by atoms with Gasteiger partial charge in [-0.3, -0.25) is 9.78 Å². The number of pyridine rings is 1. The van der Waals surface area contributed by atoms with Crippen LogP contribution in [-0.4, -0.2) is 46.8 Å². The van der Waals surface area contributed by atoms with Crippen molar-refractivity contribution >= 4 is 17.9 Å². The maximum Gasteiger partial charge on any atom is 0.365 e. The number of esters is 3. The number of aliphatic hydroxyl groups is 1. The van der Waals surface area contributed by atoms with Crippen LogP contribution in [0.1, 0.15) is 32.4 Å². The molecule has 0 radical (unpaired) electrons. The predicted molar refractivity (Wildman–Crippen MR) is 77.0 cm³/mol. The first-order chi connectivity index (χ1) is 10.9. The van der Waals surface area contributed by atoms with Gasteiger partial charge in [-0.2, -0.15) is 0 Å². The molecule has 0 spiro atoms. The fourth-order valence-corrected chi connectivity index (χ4v) is 1.92. The molecule has 0 aliphatic carbocycles. The van der Waals surface area contributed by atoms with Gasteiger partial charge in [-0.05, 0) is 19.9 Å². The fraction of sp³-hybridized carbons (Fsp3) is 0.467. The van der Waals surface area contributed by atoms with Crippen LogP contribution in [0, 0.1) is 0 Å². The van der Waals surface area contributed by atoms with Gasteiger partial charge < -0.3 is 19.3 Å². The highest BCUT2D eigenvalue weighted by Crippen LogP contribution is 2.32. The van der Waals surface area contributed by atoms with Crippen LogP contribution in [0.25, 0.3) is 0 Å². The van der Waals surface area contributed by atoms with Crippen molar-refractivity contribution in [3.8, 4) is 0 Å². The zero-order valence-electron chi connectivity index (χ0n) is 13.1. The van der Waals surface area contributed by atoms with E-state index < -0.39 is 29.6 Å². The van der Waals surface area contributed by atoms with Crippen LogP contribution in [0.4, 0.5) is 0 Å². The van der Waals surface area contributed by atoms with Gasteiger partial charge in [0.25, 0.3) is 0 Å². The first-order valence-corrected chi connectivity index (χ1v) is 7.02. The molecule has 0 saturated carbocycles. The monoisotopic (exact) mass is 325 g/mol. The summed E-state index contributed by atoms with van der Waals surface area (Å²) in [6.45, 7) is 3.86. The first kappa shape index (κ1) is 18.6. The van der Waals surface area contributed by atoms with Crippen molar-refractivity contribution in [1.29, 1.82) is 0 Å². The molecular weight excluding hydrogens is 306 g/mol. The summed E-state index contributed by atoms with van der Waals surface area (Å²) >= 11 is 0. The lowest BCUT2D eigenvalue weighted by Gasteiger charge is -2.32. The third-order valence-electron chi connectivity index (χ3n) is 2.85. The molecule has 0 saturated heterocycles. The average molecular weight is 325 g/mol. The summed E-state index contributed by atoms with van der Waals surface area (Å²) in [6.07, 6.45) is 0.845. The molecule has 0 aliphatic heterocycles. The summed E-state index contributed by atoms with van der Waals surface area (Å²) in [5, 5.41) is 10.6. The largest absolute Gasteiger partial charge is 0.462 e. The Labute approximate surface area is 133 Å². The van der Waals surface area contributed by atoms with Crippen molar-refractivity contribution in [3.63, 3.8) is 0 Å². The maximum atomic E-state index is 12.4. The van der Waals surface area contributed by atoms with E-state index in [1.54, 1.807) is 0 Å². The summed E-state index contributed by atoms with van der Waals surface area (Å²) in [6, 6.07) is 2.92. The summed E-state index contributed by atoms with van der Waals surface area (Å²) in [7, 11) is 0. The minimum absolute atomic E-state index is 0.0823. The van der Waals surface area contributed by atoms with Crippen LogP contribution in [0.15, 0.2) is 24.5 Å². The molecule has 0 fully saturated rings. The Kier molecular flexibility index (Phi) is 6.65. The van der Waals surface area contributed by atoms with Gasteiger partial charge in [0.2, 0.25) is 0 Å². The van der Waals surface area contributed by atoms with E-state index in [0.717, 1.165) is 6.92 Å². The van der Waals surface area contributed by atoms with Crippen molar-refractivity contribution in [2.75, 3.05) is 13.2 Å². The molecule has 1 rings (SSSR count). The van der Waals surface area contributed by atoms with Crippen molar-refractivity contribution in [1.82, 2.24) is 4.98 Å². The number of nitrogens with zero attached hydrogens (tertiary/aromatic N) is 1. The number of carbonyl (C=O) groups excluding carboxylic acids is 3. The molecule has 126 valence electrons. The molecule has 0 bridgehead atoms. The Morgan fingerprint density at radius 1 is 1.22 bits per heavy atom. The van der Waals surface area contributed by atoms with Crippen LogP contribution in [0.2, 0.25) is 0 Å². The third kappa shape index (κ3) is 4.04. The summed E-state index contributed by atoms with van der Waals surface area (Å²) in [5.41, 5.74) is -2.56. The average Bonchev–Trinajstić information content (AvgIpc) is 2.53. The number of rotatable bonds is 7. The molecule has 0 unspecified atom stereocenters. The Balaban J connectivity index is 3.43. The fourth-order valence-electron chi connectivity index (χ4n) is 1.92. The van der Waals surface area contributed by atoms with Crippen LogP contribution in [0.3, 0.4) is 0 Å². The van der Waals surface area contributed by atoms with Gasteiger partial charge in [-0.1, -0.05) is 6.07 Å². The number of aliphatic hydroxyl groups excluding tert-OH is 1. The second kappa shape index (κ2) is 8.23. The van der Waals surface area contributed by atoms with Crippen molar-refractivity contribution < 1.29 is 33.7 Å². The Morgan fingerprint density at radius 2 is 1.78 bits per heavy atom. The van der Waals surface area contributed by atoms with E-state index in [1.165, 1.54) is 38.4 Å². The Morgan fingerprint density at radius 3 is 2.17 bits per heavy atom. The zero-order chi connectivity index (χ0) is 17.5. The highest BCUT2D eigenvalue weighted by Gasteiger charge is 2.59. The van der Waals surface area contributed by atoms with E-state index in [4.69, 9.17) is 14.2 Å². The zero-order valence-corrected chi connectivity index (χ0v) is 13.1. The van der Waals surface area contributed by atoms with Gasteiger partial charge in [0.05, 0.1) is 13.2 Å². The lowest BCUT2D eigenvalue weighted by atomic mass is 9.91. The summed E-state index contributed by atoms with van der Waals surface area (Å²) in [4.78, 5) is 40.0. The SMILES string of the molecule is CCOC(=O)C(OC(C)=O)(C(=O)OCC)[C@@H](O)c1cccnc1. The molecule has 0 aliphatic rings. The van der Waals surface area contributed by atoms with Gasteiger partial charge in [0, 0.05) is 24.9 Å². The van der Waals surface area contributed by atoms with Gasteiger partial charge in [-0.25, -0.2) is 9.59 Å². The van der Waals surface area contributed by atoms with E-state index in [0.29, 0.717) is 0 Å². The van der Waals surface area contributed by atoms with E-state index in [2.05, 4.69) is 4.98 Å². The second-order valence-corrected chi connectivity index (χ2v) is 4.46. The lowest BCUT2D eigenvalue weighted by molar-refractivity contribution is -0.209. The first-order valence-electron chi connectivity index (χ1n) is 7.02. The second-order valence-electron chi connectivity index (χ2n) is 4.46. The molecule has 23 heavy (non-hydrogen) atoms. The Bertz CT molecular complexity index is 540. The Hall–Kier alpha value is -2.48. The molecule has 1 aromatic rings. The molecule has 1 heterocycles. The van der Waals surface area contributed by atoms with Gasteiger partial charge >= 0.3 is 23.5 Å². The van der Waals surface area contributed by atoms with E-state index in [-0.39, 0.29) is 18.8 Å². The minimum atomic E-state index is -2.65. The third-order valence-corrected chi connectivity index (χ3v) is 2.85. The van der Waals surface area contributed by atoms with Crippen molar-refractivity contribution in [3.05, 3.63) is 30.1 Å². The van der Waals surface area contributed by atoms with Gasteiger partial charge in [0.15, 0.2) is 0 Å². The molecule has 1 atom stereocenters. The molecule has 0 amide bonds. The maximum absolute atomic E-state index is 12.4. The highest BCUT2D eigenvalue weighted by atomic mass is 16.6. The lowest BCUT2D eigenvalue weighted by Crippen LogP contribution is -2.56. The summed E-state index contributed by atoms with van der Waals surface area (Å²) < 4.78 is 14.6. The molecule has 1 N–H and O–H groups in total. The predicted octanol–water partition coefficient (Wildman–Crippen LogP) is 0.543. The topological polar surface area (TPSA) is 112 Å². The van der Waals surface area contributed by atoms with Gasteiger partial charge in [-0.15, -0.1) is 0 Å². The van der Waals surface area contributed by atoms with Crippen LogP contribution >= 0.6 is 0 Å². The van der Waals surface area contributed by atoms with Crippen molar-refractivity contribution in [2.45, 2.75) is 32.5 Å². The van der Waals surface area contributed by atoms with Crippen LogP contribution in [0.5, 0.6) is 0 Å². The number of aromatic nitrogens is 1. The smallest absolute Gasteiger partial charge is 0.365 e. The molecular formula is C15H19NO7. The van der Waals surface area contributed by atoms with E-state index >= 15 is 0 Å². The minimum Gasteiger partial charge on any atom is -0.462 e.